The Kier molecular flexibility index (Phi) is 5.97. The summed E-state index contributed by atoms with van der Waals surface area (Å²) >= 11 is 0. The first-order valence-electron chi connectivity index (χ1n) is 7.95. The SMILES string of the molecule is CCc1cccc(Nc2ccncc2S(=O)(=O)NC(=O)NC(C)C)c1. The number of anilines is 2. The number of nitrogens with zero attached hydrogens (tertiary/aromatic N) is 1. The summed E-state index contributed by atoms with van der Waals surface area (Å²) < 4.78 is 27.0. The number of sulfonamides is 1. The van der Waals surface area contributed by atoms with E-state index in [4.69, 9.17) is 0 Å². The Hall–Kier alpha value is -2.61. The molecule has 0 fully saturated rings. The molecule has 2 aromatic rings. The molecule has 2 rings (SSSR count). The molecule has 0 radical (unpaired) electrons. The van der Waals surface area contributed by atoms with E-state index in [0.717, 1.165) is 17.7 Å². The zero-order valence-electron chi connectivity index (χ0n) is 14.4. The lowest BCUT2D eigenvalue weighted by atomic mass is 10.1. The zero-order valence-corrected chi connectivity index (χ0v) is 15.2. The van der Waals surface area contributed by atoms with Crippen molar-refractivity contribution in [2.24, 2.45) is 0 Å². The number of hydrogen-bond donors (Lipinski definition) is 3. The molecule has 1 heterocycles. The smallest absolute Gasteiger partial charge is 0.328 e. The maximum absolute atomic E-state index is 12.5. The van der Waals surface area contributed by atoms with Crippen LogP contribution in [0.4, 0.5) is 16.2 Å². The predicted molar refractivity (Wildman–Crippen MR) is 97.3 cm³/mol. The molecule has 2 amide bonds. The summed E-state index contributed by atoms with van der Waals surface area (Å²) in [7, 11) is -4.06. The number of aromatic nitrogens is 1. The van der Waals surface area contributed by atoms with Crippen molar-refractivity contribution in [1.82, 2.24) is 15.0 Å². The maximum Gasteiger partial charge on any atom is 0.328 e. The van der Waals surface area contributed by atoms with Crippen molar-refractivity contribution in [3.63, 3.8) is 0 Å². The minimum absolute atomic E-state index is 0.101. The summed E-state index contributed by atoms with van der Waals surface area (Å²) in [6.07, 6.45) is 3.56. The van der Waals surface area contributed by atoms with E-state index in [0.29, 0.717) is 5.69 Å². The van der Waals surface area contributed by atoms with Gasteiger partial charge in [-0.05, 0) is 44.0 Å². The fourth-order valence-corrected chi connectivity index (χ4v) is 3.21. The van der Waals surface area contributed by atoms with Crippen LogP contribution in [0, 0.1) is 0 Å². The van der Waals surface area contributed by atoms with Crippen molar-refractivity contribution in [2.45, 2.75) is 38.1 Å². The molecule has 1 aromatic carbocycles. The molecule has 0 saturated heterocycles. The van der Waals surface area contributed by atoms with Crippen LogP contribution in [0.15, 0.2) is 47.6 Å². The molecule has 134 valence electrons. The summed E-state index contributed by atoms with van der Waals surface area (Å²) in [6, 6.07) is 8.26. The molecule has 0 aliphatic rings. The summed E-state index contributed by atoms with van der Waals surface area (Å²) in [4.78, 5) is 15.5. The van der Waals surface area contributed by atoms with E-state index in [1.54, 1.807) is 19.9 Å². The van der Waals surface area contributed by atoms with Gasteiger partial charge < -0.3 is 10.6 Å². The molecule has 0 saturated carbocycles. The van der Waals surface area contributed by atoms with Gasteiger partial charge in [-0.15, -0.1) is 0 Å². The number of hydrogen-bond acceptors (Lipinski definition) is 5. The number of pyridine rings is 1. The van der Waals surface area contributed by atoms with Gasteiger partial charge in [-0.3, -0.25) is 4.98 Å². The highest BCUT2D eigenvalue weighted by Crippen LogP contribution is 2.24. The summed E-state index contributed by atoms with van der Waals surface area (Å²) in [5.74, 6) is 0. The number of benzene rings is 1. The number of carbonyl (C=O) groups is 1. The predicted octanol–water partition coefficient (Wildman–Crippen LogP) is 2.78. The van der Waals surface area contributed by atoms with Crippen LogP contribution in [-0.2, 0) is 16.4 Å². The van der Waals surface area contributed by atoms with E-state index in [2.05, 4.69) is 15.6 Å². The normalized spacial score (nSPS) is 11.2. The molecular formula is C17H22N4O3S. The highest BCUT2D eigenvalue weighted by Gasteiger charge is 2.22. The van der Waals surface area contributed by atoms with Gasteiger partial charge in [-0.1, -0.05) is 19.1 Å². The van der Waals surface area contributed by atoms with Gasteiger partial charge in [0.05, 0.1) is 5.69 Å². The minimum atomic E-state index is -4.06. The zero-order chi connectivity index (χ0) is 18.4. The maximum atomic E-state index is 12.5. The van der Waals surface area contributed by atoms with Crippen molar-refractivity contribution in [3.05, 3.63) is 48.3 Å². The third-order valence-electron chi connectivity index (χ3n) is 3.34. The Bertz CT molecular complexity index is 850. The number of urea groups is 1. The second-order valence-electron chi connectivity index (χ2n) is 5.78. The number of carbonyl (C=O) groups excluding carboxylic acids is 1. The summed E-state index contributed by atoms with van der Waals surface area (Å²) in [6.45, 7) is 5.52. The van der Waals surface area contributed by atoms with Gasteiger partial charge in [0.15, 0.2) is 0 Å². The Labute approximate surface area is 147 Å². The Morgan fingerprint density at radius 3 is 2.68 bits per heavy atom. The monoisotopic (exact) mass is 362 g/mol. The van der Waals surface area contributed by atoms with Crippen LogP contribution in [0.3, 0.4) is 0 Å². The van der Waals surface area contributed by atoms with E-state index in [1.165, 1.54) is 12.4 Å². The van der Waals surface area contributed by atoms with Crippen LogP contribution >= 0.6 is 0 Å². The number of aryl methyl sites for hydroxylation is 1. The van der Waals surface area contributed by atoms with Crippen molar-refractivity contribution < 1.29 is 13.2 Å². The molecule has 8 heteroatoms. The Morgan fingerprint density at radius 1 is 1.24 bits per heavy atom. The van der Waals surface area contributed by atoms with Gasteiger partial charge in [0.2, 0.25) is 0 Å². The van der Waals surface area contributed by atoms with E-state index >= 15 is 0 Å². The molecule has 25 heavy (non-hydrogen) atoms. The van der Waals surface area contributed by atoms with E-state index in [9.17, 15) is 13.2 Å². The molecule has 7 nitrogen and oxygen atoms in total. The van der Waals surface area contributed by atoms with Gasteiger partial charge in [0.25, 0.3) is 10.0 Å². The van der Waals surface area contributed by atoms with Crippen LogP contribution in [0.25, 0.3) is 0 Å². The van der Waals surface area contributed by atoms with E-state index < -0.39 is 16.1 Å². The molecule has 0 aliphatic carbocycles. The van der Waals surface area contributed by atoms with Crippen molar-refractivity contribution in [3.8, 4) is 0 Å². The van der Waals surface area contributed by atoms with Crippen molar-refractivity contribution in [1.29, 1.82) is 0 Å². The van der Waals surface area contributed by atoms with Gasteiger partial charge in [-0.25, -0.2) is 17.9 Å². The summed E-state index contributed by atoms with van der Waals surface area (Å²) in [5, 5.41) is 5.56. The largest absolute Gasteiger partial charge is 0.354 e. The lowest BCUT2D eigenvalue weighted by Crippen LogP contribution is -2.42. The van der Waals surface area contributed by atoms with Gasteiger partial charge in [0, 0.05) is 24.1 Å². The van der Waals surface area contributed by atoms with Crippen LogP contribution < -0.4 is 15.4 Å². The van der Waals surface area contributed by atoms with Gasteiger partial charge in [-0.2, -0.15) is 0 Å². The topological polar surface area (TPSA) is 100 Å². The molecular weight excluding hydrogens is 340 g/mol. The highest BCUT2D eigenvalue weighted by molar-refractivity contribution is 7.90. The van der Waals surface area contributed by atoms with Crippen LogP contribution in [0.5, 0.6) is 0 Å². The third kappa shape index (κ3) is 5.18. The van der Waals surface area contributed by atoms with Crippen LogP contribution in [0.2, 0.25) is 0 Å². The number of nitrogens with one attached hydrogen (secondary N) is 3. The number of amides is 2. The fourth-order valence-electron chi connectivity index (χ4n) is 2.19. The quantitative estimate of drug-likeness (QED) is 0.734. The lowest BCUT2D eigenvalue weighted by molar-refractivity contribution is 0.243. The molecule has 0 aliphatic heterocycles. The lowest BCUT2D eigenvalue weighted by Gasteiger charge is -2.14. The molecule has 3 N–H and O–H groups in total. The standard InChI is InChI=1S/C17H22N4O3S/c1-4-13-6-5-7-14(10-13)20-15-8-9-18-11-16(15)25(23,24)21-17(22)19-12(2)3/h5-12H,4H2,1-3H3,(H,18,20)(H2,19,21,22). The second kappa shape index (κ2) is 7.98. The second-order valence-corrected chi connectivity index (χ2v) is 7.44. The van der Waals surface area contributed by atoms with Crippen LogP contribution in [-0.4, -0.2) is 25.5 Å². The van der Waals surface area contributed by atoms with Gasteiger partial charge in [0.1, 0.15) is 4.90 Å². The van der Waals surface area contributed by atoms with Crippen molar-refractivity contribution in [2.75, 3.05) is 5.32 Å². The Balaban J connectivity index is 2.29. The molecule has 0 unspecified atom stereocenters. The fraction of sp³-hybridized carbons (Fsp3) is 0.294. The molecule has 0 bridgehead atoms. The first-order valence-corrected chi connectivity index (χ1v) is 9.43. The summed E-state index contributed by atoms with van der Waals surface area (Å²) in [5.41, 5.74) is 2.22. The van der Waals surface area contributed by atoms with Crippen molar-refractivity contribution >= 4 is 27.4 Å². The molecule has 1 aromatic heterocycles. The van der Waals surface area contributed by atoms with Gasteiger partial charge >= 0.3 is 6.03 Å². The third-order valence-corrected chi connectivity index (χ3v) is 4.69. The van der Waals surface area contributed by atoms with E-state index in [1.807, 2.05) is 35.9 Å². The highest BCUT2D eigenvalue weighted by atomic mass is 32.2. The number of rotatable bonds is 6. The first kappa shape index (κ1) is 18.7. The van der Waals surface area contributed by atoms with E-state index in [-0.39, 0.29) is 10.9 Å². The minimum Gasteiger partial charge on any atom is -0.354 e. The molecule has 0 spiro atoms. The first-order chi connectivity index (χ1) is 11.8. The molecule has 0 atom stereocenters. The average Bonchev–Trinajstić information content (AvgIpc) is 2.54. The van der Waals surface area contributed by atoms with Crippen LogP contribution in [0.1, 0.15) is 26.3 Å². The average molecular weight is 362 g/mol. The Morgan fingerprint density at radius 2 is 2.00 bits per heavy atom.